The van der Waals surface area contributed by atoms with Gasteiger partial charge in [-0.05, 0) is 51.1 Å². The van der Waals surface area contributed by atoms with Crippen LogP contribution in [0.25, 0.3) is 0 Å². The van der Waals surface area contributed by atoms with Crippen LogP contribution < -0.4 is 15.4 Å². The number of amides is 1. The van der Waals surface area contributed by atoms with Gasteiger partial charge in [0, 0.05) is 17.6 Å². The number of ether oxygens (including phenoxy) is 2. The lowest BCUT2D eigenvalue weighted by Crippen LogP contribution is -2.27. The molecule has 0 atom stereocenters. The molecular weight excluding hydrogens is 294 g/mol. The van der Waals surface area contributed by atoms with Gasteiger partial charge in [-0.15, -0.1) is 0 Å². The van der Waals surface area contributed by atoms with Crippen molar-refractivity contribution in [3.8, 4) is 5.75 Å². The third-order valence-corrected chi connectivity index (χ3v) is 2.98. The van der Waals surface area contributed by atoms with E-state index in [1.165, 1.54) is 0 Å². The molecule has 0 saturated carbocycles. The van der Waals surface area contributed by atoms with Crippen LogP contribution in [0.2, 0.25) is 0 Å². The number of benzene rings is 1. The third kappa shape index (κ3) is 5.25. The summed E-state index contributed by atoms with van der Waals surface area (Å²) in [7, 11) is 1.56. The van der Waals surface area contributed by atoms with Crippen LogP contribution in [0.1, 0.15) is 26.5 Å². The van der Waals surface area contributed by atoms with Crippen molar-refractivity contribution in [2.75, 3.05) is 17.7 Å². The fraction of sp³-hybridized carbons (Fsp3) is 0.353. The minimum absolute atomic E-state index is 0.516. The summed E-state index contributed by atoms with van der Waals surface area (Å²) in [5.41, 5.74) is 1.94. The second-order valence-electron chi connectivity index (χ2n) is 6.09. The Kier molecular flexibility index (Phi) is 5.16. The van der Waals surface area contributed by atoms with Crippen molar-refractivity contribution in [2.24, 2.45) is 0 Å². The smallest absolute Gasteiger partial charge is 0.412 e. The standard InChI is InChI=1S/C17H23N3O3/c1-17(2,3)23-16(21)20-14-10-12(7-8-15(14)22-4)19-11-13-6-5-9-18-13/h5-10,18-19H,11H2,1-4H3,(H,20,21). The molecule has 0 aliphatic heterocycles. The Morgan fingerprint density at radius 3 is 2.65 bits per heavy atom. The first-order valence-electron chi connectivity index (χ1n) is 7.41. The Bertz CT molecular complexity index is 646. The lowest BCUT2D eigenvalue weighted by Gasteiger charge is -2.20. The number of carbonyl (C=O) groups is 1. The lowest BCUT2D eigenvalue weighted by atomic mass is 10.2. The summed E-state index contributed by atoms with van der Waals surface area (Å²) in [6, 6.07) is 9.44. The molecule has 6 nitrogen and oxygen atoms in total. The zero-order valence-corrected chi connectivity index (χ0v) is 13.9. The number of nitrogens with one attached hydrogen (secondary N) is 3. The van der Waals surface area contributed by atoms with Crippen LogP contribution in [0, 0.1) is 0 Å². The van der Waals surface area contributed by atoms with Gasteiger partial charge in [0.25, 0.3) is 0 Å². The van der Waals surface area contributed by atoms with Crippen LogP contribution in [0.15, 0.2) is 36.5 Å². The minimum atomic E-state index is -0.555. The van der Waals surface area contributed by atoms with E-state index in [9.17, 15) is 4.79 Å². The van der Waals surface area contributed by atoms with Gasteiger partial charge in [0.2, 0.25) is 0 Å². The monoisotopic (exact) mass is 317 g/mol. The highest BCUT2D eigenvalue weighted by molar-refractivity contribution is 5.88. The van der Waals surface area contributed by atoms with Gasteiger partial charge < -0.3 is 19.8 Å². The number of hydrogen-bond acceptors (Lipinski definition) is 4. The van der Waals surface area contributed by atoms with E-state index in [1.807, 2.05) is 51.2 Å². The van der Waals surface area contributed by atoms with Crippen LogP contribution in [-0.2, 0) is 11.3 Å². The van der Waals surface area contributed by atoms with Crippen molar-refractivity contribution < 1.29 is 14.3 Å². The molecule has 1 heterocycles. The SMILES string of the molecule is COc1ccc(NCc2ccc[nH]2)cc1NC(=O)OC(C)(C)C. The highest BCUT2D eigenvalue weighted by Gasteiger charge is 2.17. The zero-order valence-electron chi connectivity index (χ0n) is 13.9. The van der Waals surface area contributed by atoms with Crippen molar-refractivity contribution in [1.29, 1.82) is 0 Å². The van der Waals surface area contributed by atoms with E-state index in [-0.39, 0.29) is 0 Å². The molecule has 0 fully saturated rings. The van der Waals surface area contributed by atoms with Gasteiger partial charge in [-0.3, -0.25) is 5.32 Å². The van der Waals surface area contributed by atoms with Gasteiger partial charge in [0.1, 0.15) is 11.4 Å². The van der Waals surface area contributed by atoms with Gasteiger partial charge in [-0.1, -0.05) is 0 Å². The maximum absolute atomic E-state index is 11.9. The number of hydrogen-bond donors (Lipinski definition) is 3. The predicted molar refractivity (Wildman–Crippen MR) is 91.0 cm³/mol. The molecule has 2 rings (SSSR count). The zero-order chi connectivity index (χ0) is 16.9. The Hall–Kier alpha value is -2.63. The van der Waals surface area contributed by atoms with Crippen molar-refractivity contribution in [3.63, 3.8) is 0 Å². The van der Waals surface area contributed by atoms with E-state index < -0.39 is 11.7 Å². The molecule has 0 saturated heterocycles. The van der Waals surface area contributed by atoms with Crippen LogP contribution in [0.4, 0.5) is 16.2 Å². The molecule has 0 spiro atoms. The Labute approximate surface area is 136 Å². The quantitative estimate of drug-likeness (QED) is 0.779. The summed E-state index contributed by atoms with van der Waals surface area (Å²) < 4.78 is 10.5. The maximum atomic E-state index is 11.9. The minimum Gasteiger partial charge on any atom is -0.495 e. The molecule has 0 unspecified atom stereocenters. The Morgan fingerprint density at radius 2 is 2.04 bits per heavy atom. The second kappa shape index (κ2) is 7.09. The predicted octanol–water partition coefficient (Wildman–Crippen LogP) is 3.98. The maximum Gasteiger partial charge on any atom is 0.412 e. The molecule has 6 heteroatoms. The van der Waals surface area contributed by atoms with E-state index in [4.69, 9.17) is 9.47 Å². The molecule has 0 aliphatic carbocycles. The number of aromatic amines is 1. The number of anilines is 2. The fourth-order valence-corrected chi connectivity index (χ4v) is 2.00. The van der Waals surface area contributed by atoms with Gasteiger partial charge in [0.15, 0.2) is 0 Å². The van der Waals surface area contributed by atoms with Crippen LogP contribution >= 0.6 is 0 Å². The fourth-order valence-electron chi connectivity index (χ4n) is 2.00. The summed E-state index contributed by atoms with van der Waals surface area (Å²) in [6.07, 6.45) is 1.36. The normalized spacial score (nSPS) is 11.0. The second-order valence-corrected chi connectivity index (χ2v) is 6.09. The molecule has 0 radical (unpaired) electrons. The first-order valence-corrected chi connectivity index (χ1v) is 7.41. The van der Waals surface area contributed by atoms with Crippen molar-refractivity contribution in [2.45, 2.75) is 32.9 Å². The van der Waals surface area contributed by atoms with E-state index in [1.54, 1.807) is 13.2 Å². The molecule has 2 aromatic rings. The van der Waals surface area contributed by atoms with Crippen LogP contribution in [0.5, 0.6) is 5.75 Å². The molecular formula is C17H23N3O3. The highest BCUT2D eigenvalue weighted by atomic mass is 16.6. The average molecular weight is 317 g/mol. The van der Waals surface area contributed by atoms with E-state index in [0.717, 1.165) is 11.4 Å². The summed E-state index contributed by atoms with van der Waals surface area (Å²) in [5, 5.41) is 6.00. The molecule has 1 amide bonds. The largest absolute Gasteiger partial charge is 0.495 e. The van der Waals surface area contributed by atoms with Crippen molar-refractivity contribution >= 4 is 17.5 Å². The summed E-state index contributed by atoms with van der Waals surface area (Å²) in [4.78, 5) is 15.1. The molecule has 0 bridgehead atoms. The summed E-state index contributed by atoms with van der Waals surface area (Å²) in [6.45, 7) is 6.11. The molecule has 1 aromatic carbocycles. The van der Waals surface area contributed by atoms with Gasteiger partial charge in [-0.25, -0.2) is 4.79 Å². The van der Waals surface area contributed by atoms with Crippen molar-refractivity contribution in [1.82, 2.24) is 4.98 Å². The molecule has 0 aliphatic rings. The first-order chi connectivity index (χ1) is 10.9. The average Bonchev–Trinajstić information content (AvgIpc) is 2.96. The van der Waals surface area contributed by atoms with Crippen LogP contribution in [-0.4, -0.2) is 23.8 Å². The topological polar surface area (TPSA) is 75.4 Å². The van der Waals surface area contributed by atoms with Gasteiger partial charge >= 0.3 is 6.09 Å². The lowest BCUT2D eigenvalue weighted by molar-refractivity contribution is 0.0635. The summed E-state index contributed by atoms with van der Waals surface area (Å²) in [5.74, 6) is 0.571. The molecule has 124 valence electrons. The third-order valence-electron chi connectivity index (χ3n) is 2.98. The van der Waals surface area contributed by atoms with E-state index >= 15 is 0 Å². The number of methoxy groups -OCH3 is 1. The highest BCUT2D eigenvalue weighted by Crippen LogP contribution is 2.28. The molecule has 1 aromatic heterocycles. The molecule has 23 heavy (non-hydrogen) atoms. The number of rotatable bonds is 5. The van der Waals surface area contributed by atoms with Gasteiger partial charge in [0.05, 0.1) is 19.3 Å². The van der Waals surface area contributed by atoms with Crippen molar-refractivity contribution in [3.05, 3.63) is 42.2 Å². The summed E-state index contributed by atoms with van der Waals surface area (Å²) >= 11 is 0. The molecule has 3 N–H and O–H groups in total. The first kappa shape index (κ1) is 16.7. The van der Waals surface area contributed by atoms with E-state index in [0.29, 0.717) is 18.0 Å². The van der Waals surface area contributed by atoms with E-state index in [2.05, 4.69) is 15.6 Å². The Balaban J connectivity index is 2.07. The van der Waals surface area contributed by atoms with Gasteiger partial charge in [-0.2, -0.15) is 0 Å². The Morgan fingerprint density at radius 1 is 1.26 bits per heavy atom. The number of carbonyl (C=O) groups excluding carboxylic acids is 1. The number of aromatic nitrogens is 1. The number of H-pyrrole nitrogens is 1. The van der Waals surface area contributed by atoms with Crippen LogP contribution in [0.3, 0.4) is 0 Å².